The lowest BCUT2D eigenvalue weighted by molar-refractivity contribution is 0.118. The van der Waals surface area contributed by atoms with Crippen LogP contribution in [-0.4, -0.2) is 19.2 Å². The van der Waals surface area contributed by atoms with Crippen LogP contribution in [0.3, 0.4) is 0 Å². The first-order valence-corrected chi connectivity index (χ1v) is 6.70. The molecule has 0 amide bonds. The first kappa shape index (κ1) is 12.1. The van der Waals surface area contributed by atoms with Crippen molar-refractivity contribution in [2.45, 2.75) is 31.9 Å². The van der Waals surface area contributed by atoms with E-state index in [2.05, 4.69) is 27.3 Å². The first-order chi connectivity index (χ1) is 7.86. The van der Waals surface area contributed by atoms with Crippen LogP contribution < -0.4 is 5.32 Å². The van der Waals surface area contributed by atoms with Crippen LogP contribution in [-0.2, 0) is 11.3 Å². The Morgan fingerprint density at radius 3 is 2.88 bits per heavy atom. The number of nitrogens with one attached hydrogen (secondary N) is 1. The number of hydrogen-bond donors (Lipinski definition) is 1. The molecular weight excluding hydrogens is 266 g/mol. The Morgan fingerprint density at radius 1 is 1.31 bits per heavy atom. The summed E-state index contributed by atoms with van der Waals surface area (Å²) in [5, 5.41) is 3.48. The van der Waals surface area contributed by atoms with Gasteiger partial charge in [-0.15, -0.1) is 0 Å². The molecule has 0 aliphatic heterocycles. The van der Waals surface area contributed by atoms with Crippen molar-refractivity contribution in [3.8, 4) is 0 Å². The van der Waals surface area contributed by atoms with Gasteiger partial charge in [-0.2, -0.15) is 0 Å². The van der Waals surface area contributed by atoms with E-state index in [4.69, 9.17) is 4.74 Å². The van der Waals surface area contributed by atoms with E-state index in [1.54, 1.807) is 0 Å². The van der Waals surface area contributed by atoms with E-state index < -0.39 is 0 Å². The van der Waals surface area contributed by atoms with Gasteiger partial charge in [0.25, 0.3) is 0 Å². The van der Waals surface area contributed by atoms with E-state index in [0.29, 0.717) is 6.61 Å². The first-order valence-electron chi connectivity index (χ1n) is 5.91. The van der Waals surface area contributed by atoms with Crippen molar-refractivity contribution in [3.63, 3.8) is 0 Å². The fourth-order valence-corrected chi connectivity index (χ4v) is 1.96. The van der Waals surface area contributed by atoms with Gasteiger partial charge in [-0.3, -0.25) is 0 Å². The molecule has 0 bridgehead atoms. The van der Waals surface area contributed by atoms with Crippen molar-refractivity contribution in [1.29, 1.82) is 0 Å². The lowest BCUT2D eigenvalue weighted by Crippen LogP contribution is -2.18. The van der Waals surface area contributed by atoms with Crippen LogP contribution in [0.4, 0.5) is 0 Å². The van der Waals surface area contributed by atoms with Gasteiger partial charge in [0.1, 0.15) is 0 Å². The fourth-order valence-electron chi connectivity index (χ4n) is 1.57. The highest BCUT2D eigenvalue weighted by Crippen LogP contribution is 2.18. The van der Waals surface area contributed by atoms with Crippen molar-refractivity contribution in [2.24, 2.45) is 0 Å². The second-order valence-corrected chi connectivity index (χ2v) is 5.08. The van der Waals surface area contributed by atoms with Crippen molar-refractivity contribution < 1.29 is 4.74 Å². The minimum Gasteiger partial charge on any atom is -0.377 e. The van der Waals surface area contributed by atoms with E-state index in [0.717, 1.165) is 30.1 Å². The Labute approximate surface area is 106 Å². The number of benzene rings is 1. The highest BCUT2D eigenvalue weighted by molar-refractivity contribution is 9.10. The highest BCUT2D eigenvalue weighted by atomic mass is 79.9. The molecule has 1 N–H and O–H groups in total. The van der Waals surface area contributed by atoms with Crippen LogP contribution in [0, 0.1) is 0 Å². The Morgan fingerprint density at radius 2 is 2.12 bits per heavy atom. The van der Waals surface area contributed by atoms with Gasteiger partial charge in [0.05, 0.1) is 6.61 Å². The summed E-state index contributed by atoms with van der Waals surface area (Å²) < 4.78 is 6.76. The largest absolute Gasteiger partial charge is 0.377 e. The second-order valence-electron chi connectivity index (χ2n) is 4.23. The standard InChI is InChI=1S/C13H18BrNO/c14-13-5-2-1-4-11(13)10-16-9-3-8-15-12-6-7-12/h1-2,4-5,12,15H,3,6-10H2. The molecule has 0 spiro atoms. The monoisotopic (exact) mass is 283 g/mol. The number of halogens is 1. The van der Waals surface area contributed by atoms with E-state index in [9.17, 15) is 0 Å². The molecule has 88 valence electrons. The van der Waals surface area contributed by atoms with Crippen molar-refractivity contribution in [3.05, 3.63) is 34.3 Å². The molecule has 1 aromatic rings. The average Bonchev–Trinajstić information content (AvgIpc) is 3.09. The number of hydrogen-bond acceptors (Lipinski definition) is 2. The third kappa shape index (κ3) is 4.24. The van der Waals surface area contributed by atoms with Gasteiger partial charge in [-0.25, -0.2) is 0 Å². The molecule has 0 saturated heterocycles. The second kappa shape index (κ2) is 6.38. The van der Waals surface area contributed by atoms with E-state index in [1.165, 1.54) is 18.4 Å². The summed E-state index contributed by atoms with van der Waals surface area (Å²) in [6.07, 6.45) is 3.82. The summed E-state index contributed by atoms with van der Waals surface area (Å²) in [5.74, 6) is 0. The van der Waals surface area contributed by atoms with E-state index in [1.807, 2.05) is 18.2 Å². The molecule has 1 fully saturated rings. The summed E-state index contributed by atoms with van der Waals surface area (Å²) in [4.78, 5) is 0. The van der Waals surface area contributed by atoms with Gasteiger partial charge in [0.15, 0.2) is 0 Å². The summed E-state index contributed by atoms with van der Waals surface area (Å²) in [5.41, 5.74) is 1.22. The normalized spacial score (nSPS) is 15.3. The Hall–Kier alpha value is -0.380. The van der Waals surface area contributed by atoms with Gasteiger partial charge < -0.3 is 10.1 Å². The van der Waals surface area contributed by atoms with Crippen LogP contribution in [0.2, 0.25) is 0 Å². The van der Waals surface area contributed by atoms with Crippen LogP contribution in [0.5, 0.6) is 0 Å². The van der Waals surface area contributed by atoms with Crippen molar-refractivity contribution in [1.82, 2.24) is 5.32 Å². The lowest BCUT2D eigenvalue weighted by atomic mass is 10.2. The third-order valence-electron chi connectivity index (χ3n) is 2.69. The van der Waals surface area contributed by atoms with E-state index in [-0.39, 0.29) is 0 Å². The van der Waals surface area contributed by atoms with Gasteiger partial charge in [-0.1, -0.05) is 34.1 Å². The lowest BCUT2D eigenvalue weighted by Gasteiger charge is -2.06. The summed E-state index contributed by atoms with van der Waals surface area (Å²) in [6.45, 7) is 2.62. The maximum Gasteiger partial charge on any atom is 0.0727 e. The Bertz CT molecular complexity index is 325. The molecule has 1 saturated carbocycles. The molecule has 0 heterocycles. The van der Waals surface area contributed by atoms with Crippen molar-refractivity contribution >= 4 is 15.9 Å². The van der Waals surface area contributed by atoms with Gasteiger partial charge >= 0.3 is 0 Å². The molecule has 2 rings (SSSR count). The van der Waals surface area contributed by atoms with Gasteiger partial charge in [0, 0.05) is 17.1 Å². The van der Waals surface area contributed by atoms with Crippen molar-refractivity contribution in [2.75, 3.05) is 13.2 Å². The fraction of sp³-hybridized carbons (Fsp3) is 0.538. The summed E-state index contributed by atoms with van der Waals surface area (Å²) in [7, 11) is 0. The molecule has 0 radical (unpaired) electrons. The van der Waals surface area contributed by atoms with Crippen LogP contribution in [0.1, 0.15) is 24.8 Å². The zero-order valence-corrected chi connectivity index (χ0v) is 11.0. The van der Waals surface area contributed by atoms with Crippen LogP contribution in [0.25, 0.3) is 0 Å². The maximum atomic E-state index is 5.63. The smallest absolute Gasteiger partial charge is 0.0727 e. The van der Waals surface area contributed by atoms with E-state index >= 15 is 0 Å². The maximum absolute atomic E-state index is 5.63. The Kier molecular flexibility index (Phi) is 4.82. The molecular formula is C13H18BrNO. The highest BCUT2D eigenvalue weighted by Gasteiger charge is 2.19. The molecule has 2 nitrogen and oxygen atoms in total. The van der Waals surface area contributed by atoms with Gasteiger partial charge in [0.2, 0.25) is 0 Å². The minimum absolute atomic E-state index is 0.699. The number of ether oxygens (including phenoxy) is 1. The summed E-state index contributed by atoms with van der Waals surface area (Å²) >= 11 is 3.51. The molecule has 0 unspecified atom stereocenters. The molecule has 1 aromatic carbocycles. The average molecular weight is 284 g/mol. The van der Waals surface area contributed by atoms with Crippen LogP contribution >= 0.6 is 15.9 Å². The molecule has 16 heavy (non-hydrogen) atoms. The molecule has 0 atom stereocenters. The SMILES string of the molecule is Brc1ccccc1COCCCNC1CC1. The summed E-state index contributed by atoms with van der Waals surface area (Å²) in [6, 6.07) is 9.01. The predicted molar refractivity (Wildman–Crippen MR) is 69.4 cm³/mol. The third-order valence-corrected chi connectivity index (χ3v) is 3.46. The quantitative estimate of drug-likeness (QED) is 0.777. The zero-order valence-electron chi connectivity index (χ0n) is 9.42. The predicted octanol–water partition coefficient (Wildman–Crippen LogP) is 3.11. The molecule has 1 aliphatic rings. The van der Waals surface area contributed by atoms with Gasteiger partial charge in [-0.05, 0) is 37.4 Å². The Balaban J connectivity index is 1.55. The zero-order chi connectivity index (χ0) is 11.2. The topological polar surface area (TPSA) is 21.3 Å². The molecule has 3 heteroatoms. The minimum atomic E-state index is 0.699. The molecule has 0 aromatic heterocycles. The van der Waals surface area contributed by atoms with Crippen LogP contribution in [0.15, 0.2) is 28.7 Å². The number of rotatable bonds is 7. The molecule has 1 aliphatic carbocycles.